The van der Waals surface area contributed by atoms with Gasteiger partial charge >= 0.3 is 6.18 Å². The van der Waals surface area contributed by atoms with E-state index in [9.17, 15) is 23.2 Å². The summed E-state index contributed by atoms with van der Waals surface area (Å²) in [4.78, 5) is 13.5. The Bertz CT molecular complexity index is 1270. The molecule has 0 aliphatic rings. The molecule has 2 aromatic carbocycles. The Hall–Kier alpha value is -3.56. The fourth-order valence-corrected chi connectivity index (χ4v) is 4.15. The normalized spacial score (nSPS) is 11.6. The van der Waals surface area contributed by atoms with Crippen LogP contribution in [0.3, 0.4) is 0 Å². The minimum Gasteiger partial charge on any atom is -0.490 e. The number of nitriles is 1. The number of halogens is 3. The molecule has 0 saturated heterocycles. The molecule has 3 aromatic rings. The molecule has 0 saturated carbocycles. The Morgan fingerprint density at radius 1 is 1.17 bits per heavy atom. The summed E-state index contributed by atoms with van der Waals surface area (Å²) >= 11 is 1.83. The molecule has 0 aliphatic heterocycles. The monoisotopic (exact) mass is 534 g/mol. The molecule has 1 aromatic heterocycles. The molecule has 0 fully saturated rings. The van der Waals surface area contributed by atoms with E-state index in [1.54, 1.807) is 36.0 Å². The second-order valence-corrected chi connectivity index (χ2v) is 9.33. The number of aromatic nitrogens is 2. The lowest BCUT2D eigenvalue weighted by molar-refractivity contribution is -0.138. The number of ether oxygens (including phenoxy) is 2. The van der Waals surface area contributed by atoms with Crippen LogP contribution in [-0.4, -0.2) is 35.1 Å². The number of hydrogen-bond donors (Lipinski definition) is 1. The van der Waals surface area contributed by atoms with E-state index in [2.05, 4.69) is 27.6 Å². The Balaban J connectivity index is 1.66. The molecular formula is C24H21F3N4O3S2. The van der Waals surface area contributed by atoms with Crippen LogP contribution in [-0.2, 0) is 11.0 Å². The predicted octanol–water partition coefficient (Wildman–Crippen LogP) is 5.98. The van der Waals surface area contributed by atoms with E-state index in [-0.39, 0.29) is 22.0 Å². The van der Waals surface area contributed by atoms with Crippen molar-refractivity contribution in [2.75, 3.05) is 24.3 Å². The van der Waals surface area contributed by atoms with Crippen molar-refractivity contribution in [2.45, 2.75) is 24.9 Å². The van der Waals surface area contributed by atoms with Crippen LogP contribution in [0.2, 0.25) is 0 Å². The number of alkyl halides is 3. The van der Waals surface area contributed by atoms with E-state index in [1.807, 2.05) is 26.0 Å². The molecule has 1 heterocycles. The number of amides is 1. The number of nitrogens with one attached hydrogen (secondary N) is 1. The van der Waals surface area contributed by atoms with Gasteiger partial charge in [-0.15, -0.1) is 22.0 Å². The van der Waals surface area contributed by atoms with Gasteiger partial charge < -0.3 is 9.47 Å². The first-order valence-corrected chi connectivity index (χ1v) is 12.4. The number of carbonyl (C=O) groups is 1. The lowest BCUT2D eigenvalue weighted by Gasteiger charge is -2.13. The molecule has 36 heavy (non-hydrogen) atoms. The Morgan fingerprint density at radius 2 is 1.92 bits per heavy atom. The third kappa shape index (κ3) is 7.73. The molecule has 0 aliphatic carbocycles. The van der Waals surface area contributed by atoms with Gasteiger partial charge in [-0.25, -0.2) is 0 Å². The Labute approximate surface area is 214 Å². The van der Waals surface area contributed by atoms with E-state index in [0.717, 1.165) is 10.6 Å². The second-order valence-electron chi connectivity index (χ2n) is 7.18. The van der Waals surface area contributed by atoms with Gasteiger partial charge in [-0.05, 0) is 49.8 Å². The number of hydrogen-bond acceptors (Lipinski definition) is 8. The van der Waals surface area contributed by atoms with E-state index < -0.39 is 17.1 Å². The summed E-state index contributed by atoms with van der Waals surface area (Å²) in [6.45, 7) is 4.64. The van der Waals surface area contributed by atoms with Crippen molar-refractivity contribution >= 4 is 40.2 Å². The van der Waals surface area contributed by atoms with Crippen LogP contribution in [0.5, 0.6) is 11.5 Å². The van der Waals surface area contributed by atoms with Crippen molar-refractivity contribution in [2.24, 2.45) is 0 Å². The smallest absolute Gasteiger partial charge is 0.445 e. The van der Waals surface area contributed by atoms with Crippen LogP contribution in [0.4, 0.5) is 18.3 Å². The van der Waals surface area contributed by atoms with E-state index in [1.165, 1.54) is 11.6 Å². The fraction of sp³-hybridized carbons (Fsp3) is 0.250. The number of rotatable bonds is 10. The van der Waals surface area contributed by atoms with Gasteiger partial charge in [0, 0.05) is 10.6 Å². The first-order valence-electron chi connectivity index (χ1n) is 10.6. The molecule has 0 spiro atoms. The van der Waals surface area contributed by atoms with Crippen molar-refractivity contribution < 1.29 is 27.4 Å². The van der Waals surface area contributed by atoms with E-state index in [0.29, 0.717) is 30.3 Å². The summed E-state index contributed by atoms with van der Waals surface area (Å²) in [6.07, 6.45) is -3.38. The molecule has 0 unspecified atom stereocenters. The molecule has 7 nitrogen and oxygen atoms in total. The van der Waals surface area contributed by atoms with Gasteiger partial charge in [0.2, 0.25) is 10.1 Å². The van der Waals surface area contributed by atoms with Gasteiger partial charge in [0.05, 0.1) is 13.2 Å². The highest BCUT2D eigenvalue weighted by Crippen LogP contribution is 2.33. The summed E-state index contributed by atoms with van der Waals surface area (Å²) in [7, 11) is 0. The van der Waals surface area contributed by atoms with Gasteiger partial charge in [0.1, 0.15) is 11.6 Å². The highest BCUT2D eigenvalue weighted by Gasteiger charge is 2.35. The van der Waals surface area contributed by atoms with Crippen LogP contribution in [0.1, 0.15) is 23.1 Å². The summed E-state index contributed by atoms with van der Waals surface area (Å²) in [5.74, 6) is 0.753. The zero-order valence-electron chi connectivity index (χ0n) is 19.3. The molecule has 0 radical (unpaired) electrons. The topological polar surface area (TPSA) is 97.1 Å². The minimum atomic E-state index is -4.67. The number of nitrogens with zero attached hydrogens (tertiary/aromatic N) is 3. The molecule has 0 bridgehead atoms. The van der Waals surface area contributed by atoms with Crippen molar-refractivity contribution in [1.29, 1.82) is 5.26 Å². The molecule has 1 amide bonds. The van der Waals surface area contributed by atoms with Gasteiger partial charge in [0.15, 0.2) is 11.5 Å². The summed E-state index contributed by atoms with van der Waals surface area (Å²) in [5.41, 5.74) is 1.34. The molecule has 12 heteroatoms. The molecule has 0 atom stereocenters. The highest BCUT2D eigenvalue weighted by atomic mass is 32.2. The standard InChI is InChI=1S/C24H21F3N4O3S2/c1-3-33-20-13-16(6-9-19(20)34-10-11-35-18-7-4-15(2)5-8-18)12-17(14-28)21(32)29-23-31-30-22(36-23)24(25,26)27/h4-9,12-13H,3,10-11H2,1-2H3,(H,29,31,32). The quantitative estimate of drug-likeness (QED) is 0.148. The summed E-state index contributed by atoms with van der Waals surface area (Å²) in [6, 6.07) is 14.9. The van der Waals surface area contributed by atoms with Gasteiger partial charge in [-0.2, -0.15) is 18.4 Å². The van der Waals surface area contributed by atoms with Gasteiger partial charge in [0.25, 0.3) is 5.91 Å². The summed E-state index contributed by atoms with van der Waals surface area (Å²) in [5, 5.41) is 16.3. The maximum atomic E-state index is 12.7. The van der Waals surface area contributed by atoms with Crippen molar-refractivity contribution in [3.8, 4) is 17.6 Å². The number of carbonyl (C=O) groups excluding carboxylic acids is 1. The average Bonchev–Trinajstić information content (AvgIpc) is 3.31. The van der Waals surface area contributed by atoms with Crippen molar-refractivity contribution in [1.82, 2.24) is 10.2 Å². The molecule has 188 valence electrons. The zero-order valence-corrected chi connectivity index (χ0v) is 20.9. The number of benzene rings is 2. The SMILES string of the molecule is CCOc1cc(C=C(C#N)C(=O)Nc2nnc(C(F)(F)F)s2)ccc1OCCSc1ccc(C)cc1. The van der Waals surface area contributed by atoms with Crippen molar-refractivity contribution in [3.63, 3.8) is 0 Å². The van der Waals surface area contributed by atoms with E-state index in [4.69, 9.17) is 9.47 Å². The van der Waals surface area contributed by atoms with Crippen LogP contribution in [0, 0.1) is 18.3 Å². The average molecular weight is 535 g/mol. The third-order valence-corrected chi connectivity index (χ3v) is 6.32. The van der Waals surface area contributed by atoms with Gasteiger partial charge in [-0.3, -0.25) is 10.1 Å². The van der Waals surface area contributed by atoms with Gasteiger partial charge in [-0.1, -0.05) is 35.1 Å². The molecule has 3 rings (SSSR count). The van der Waals surface area contributed by atoms with Crippen molar-refractivity contribution in [3.05, 3.63) is 64.2 Å². The fourth-order valence-electron chi connectivity index (χ4n) is 2.82. The van der Waals surface area contributed by atoms with Crippen LogP contribution >= 0.6 is 23.1 Å². The maximum Gasteiger partial charge on any atom is 0.445 e. The minimum absolute atomic E-state index is 0.168. The molecule has 1 N–H and O–H groups in total. The second kappa shape index (κ2) is 12.4. The summed E-state index contributed by atoms with van der Waals surface area (Å²) < 4.78 is 49.5. The number of anilines is 1. The first kappa shape index (κ1) is 27.0. The Kier molecular flexibility index (Phi) is 9.32. The number of thioether (sulfide) groups is 1. The third-order valence-electron chi connectivity index (χ3n) is 4.46. The lowest BCUT2D eigenvalue weighted by Crippen LogP contribution is -2.13. The van der Waals surface area contributed by atoms with Crippen LogP contribution in [0.15, 0.2) is 52.9 Å². The van der Waals surface area contributed by atoms with Crippen LogP contribution in [0.25, 0.3) is 6.08 Å². The molecular weight excluding hydrogens is 513 g/mol. The Morgan fingerprint density at radius 3 is 2.56 bits per heavy atom. The lowest BCUT2D eigenvalue weighted by atomic mass is 10.1. The maximum absolute atomic E-state index is 12.7. The zero-order chi connectivity index (χ0) is 26.1. The van der Waals surface area contributed by atoms with Crippen LogP contribution < -0.4 is 14.8 Å². The first-order chi connectivity index (χ1) is 17.2. The largest absolute Gasteiger partial charge is 0.490 e. The number of aryl methyl sites for hydroxylation is 1. The predicted molar refractivity (Wildman–Crippen MR) is 132 cm³/mol. The van der Waals surface area contributed by atoms with E-state index >= 15 is 0 Å². The highest BCUT2D eigenvalue weighted by molar-refractivity contribution is 7.99.